The average Bonchev–Trinajstić information content (AvgIpc) is 3.39. The maximum Gasteiger partial charge on any atom is 0.305 e. The normalized spacial score (nSPS) is 20.4. The first-order valence-corrected chi connectivity index (χ1v) is 14.3. The molecule has 2 aliphatic heterocycles. The first kappa shape index (κ1) is 25.5. The fourth-order valence-corrected chi connectivity index (χ4v) is 7.77. The van der Waals surface area contributed by atoms with Crippen molar-refractivity contribution >= 4 is 75.4 Å². The number of aromatic amines is 1. The second-order valence-corrected chi connectivity index (χ2v) is 12.3. The van der Waals surface area contributed by atoms with Crippen molar-refractivity contribution in [3.63, 3.8) is 0 Å². The van der Waals surface area contributed by atoms with Crippen LogP contribution >= 0.6 is 57.9 Å². The first-order chi connectivity index (χ1) is 18.3. The number of rotatable bonds is 5. The van der Waals surface area contributed by atoms with Gasteiger partial charge in [-0.3, -0.25) is 14.4 Å². The lowest BCUT2D eigenvalue weighted by atomic mass is 9.82. The molecular weight excluding hydrogens is 587 g/mol. The van der Waals surface area contributed by atoms with E-state index in [0.717, 1.165) is 16.9 Å². The van der Waals surface area contributed by atoms with Crippen LogP contribution in [0.5, 0.6) is 5.75 Å². The van der Waals surface area contributed by atoms with Gasteiger partial charge in [0.1, 0.15) is 17.6 Å². The number of fused-ring (bicyclic) bond motifs is 2. The summed E-state index contributed by atoms with van der Waals surface area (Å²) in [6.07, 6.45) is 0. The molecule has 1 aromatic heterocycles. The van der Waals surface area contributed by atoms with Crippen molar-refractivity contribution in [2.45, 2.75) is 22.8 Å². The number of ether oxygens (including phenoxy) is 1. The van der Waals surface area contributed by atoms with Gasteiger partial charge in [0.2, 0.25) is 11.8 Å². The van der Waals surface area contributed by atoms with Gasteiger partial charge in [-0.15, -0.1) is 0 Å². The van der Waals surface area contributed by atoms with E-state index in [0.29, 0.717) is 42.0 Å². The zero-order chi connectivity index (χ0) is 26.6. The Hall–Kier alpha value is -2.75. The van der Waals surface area contributed by atoms with Crippen molar-refractivity contribution in [1.82, 2.24) is 4.98 Å². The van der Waals surface area contributed by atoms with Crippen LogP contribution in [0.15, 0.2) is 76.6 Å². The van der Waals surface area contributed by atoms with Crippen molar-refractivity contribution < 1.29 is 14.3 Å². The Bertz CT molecular complexity index is 1620. The maximum absolute atomic E-state index is 13.9. The van der Waals surface area contributed by atoms with Gasteiger partial charge in [-0.05, 0) is 60.2 Å². The van der Waals surface area contributed by atoms with E-state index in [1.807, 2.05) is 12.1 Å². The minimum absolute atomic E-state index is 0.251. The summed E-state index contributed by atoms with van der Waals surface area (Å²) in [6, 6.07) is 19.1. The Labute approximate surface area is 240 Å². The van der Waals surface area contributed by atoms with Crippen LogP contribution in [0.3, 0.4) is 0 Å². The van der Waals surface area contributed by atoms with Gasteiger partial charge < -0.3 is 9.72 Å². The first-order valence-electron chi connectivity index (χ1n) is 11.5. The van der Waals surface area contributed by atoms with E-state index in [-0.39, 0.29) is 23.3 Å². The summed E-state index contributed by atoms with van der Waals surface area (Å²) in [5.74, 6) is -1.57. The monoisotopic (exact) mass is 602 g/mol. The number of carbonyl (C=O) groups is 2. The van der Waals surface area contributed by atoms with Crippen LogP contribution in [-0.2, 0) is 16.2 Å². The number of carbonyl (C=O) groups excluding carboxylic acids is 2. The molecule has 3 aromatic carbocycles. The Morgan fingerprint density at radius 1 is 0.842 bits per heavy atom. The van der Waals surface area contributed by atoms with E-state index in [2.05, 4.69) is 4.98 Å². The lowest BCUT2D eigenvalue weighted by Gasteiger charge is -2.31. The summed E-state index contributed by atoms with van der Waals surface area (Å²) in [6.45, 7) is 0.251. The van der Waals surface area contributed by atoms with Gasteiger partial charge in [0.25, 0.3) is 0 Å². The second-order valence-electron chi connectivity index (χ2n) is 8.84. The molecular formula is C27H17Cl3N2O4S2. The molecule has 6 rings (SSSR count). The quantitative estimate of drug-likeness (QED) is 0.255. The van der Waals surface area contributed by atoms with Gasteiger partial charge in [-0.1, -0.05) is 70.0 Å². The number of hydrogen-bond donors (Lipinski definition) is 1. The van der Waals surface area contributed by atoms with E-state index in [4.69, 9.17) is 39.5 Å². The maximum atomic E-state index is 13.9. The summed E-state index contributed by atoms with van der Waals surface area (Å²) in [7, 11) is 0. The van der Waals surface area contributed by atoms with Gasteiger partial charge in [-0.2, -0.15) is 0 Å². The third-order valence-corrected chi connectivity index (χ3v) is 9.66. The molecule has 3 heterocycles. The third kappa shape index (κ3) is 4.54. The van der Waals surface area contributed by atoms with E-state index < -0.39 is 17.1 Å². The highest BCUT2D eigenvalue weighted by Crippen LogP contribution is 2.54. The molecule has 1 saturated heterocycles. The van der Waals surface area contributed by atoms with Crippen LogP contribution in [-0.4, -0.2) is 22.0 Å². The van der Waals surface area contributed by atoms with Crippen LogP contribution in [0.1, 0.15) is 21.9 Å². The fourth-order valence-electron chi connectivity index (χ4n) is 4.83. The number of benzene rings is 3. The highest BCUT2D eigenvalue weighted by atomic mass is 35.5. The van der Waals surface area contributed by atoms with Crippen molar-refractivity contribution in [3.8, 4) is 5.75 Å². The predicted octanol–water partition coefficient (Wildman–Crippen LogP) is 6.77. The molecule has 3 unspecified atom stereocenters. The standard InChI is InChI=1S/C27H17Cl3N2O4S2/c28-14-3-1-13(2-4-14)12-36-19-10-7-16(30)11-18(19)20-21-23(37-24-22(20)38-27(35)31-24)26(34)32(25(21)33)17-8-5-15(29)6-9-17/h1-11,20-21,23H,12H2,(H,31,35). The van der Waals surface area contributed by atoms with Gasteiger partial charge in [0.05, 0.1) is 16.6 Å². The number of H-pyrrole nitrogens is 1. The Morgan fingerprint density at radius 3 is 2.21 bits per heavy atom. The number of nitrogens with one attached hydrogen (secondary N) is 1. The summed E-state index contributed by atoms with van der Waals surface area (Å²) in [4.78, 5) is 44.4. The number of thioether (sulfide) groups is 1. The second kappa shape index (κ2) is 10.1. The molecule has 2 aliphatic rings. The summed E-state index contributed by atoms with van der Waals surface area (Å²) < 4.78 is 6.21. The largest absolute Gasteiger partial charge is 0.489 e. The lowest BCUT2D eigenvalue weighted by molar-refractivity contribution is -0.122. The van der Waals surface area contributed by atoms with E-state index >= 15 is 0 Å². The molecule has 11 heteroatoms. The van der Waals surface area contributed by atoms with Crippen molar-refractivity contribution in [2.75, 3.05) is 4.90 Å². The average molecular weight is 604 g/mol. The van der Waals surface area contributed by atoms with Crippen LogP contribution < -0.4 is 14.5 Å². The smallest absolute Gasteiger partial charge is 0.305 e. The summed E-state index contributed by atoms with van der Waals surface area (Å²) in [5, 5.41) is 1.41. The molecule has 0 saturated carbocycles. The number of hydrogen-bond acceptors (Lipinski definition) is 6. The Morgan fingerprint density at radius 2 is 1.50 bits per heavy atom. The third-order valence-electron chi connectivity index (χ3n) is 6.52. The molecule has 1 fully saturated rings. The van der Waals surface area contributed by atoms with Crippen LogP contribution in [0.4, 0.5) is 5.69 Å². The van der Waals surface area contributed by atoms with E-state index in [1.54, 1.807) is 54.6 Å². The topological polar surface area (TPSA) is 79.5 Å². The number of amides is 2. The molecule has 4 aromatic rings. The minimum Gasteiger partial charge on any atom is -0.489 e. The van der Waals surface area contributed by atoms with Gasteiger partial charge >= 0.3 is 4.87 Å². The van der Waals surface area contributed by atoms with Gasteiger partial charge in [0.15, 0.2) is 0 Å². The lowest BCUT2D eigenvalue weighted by Crippen LogP contribution is -2.32. The minimum atomic E-state index is -0.765. The van der Waals surface area contributed by atoms with Crippen LogP contribution in [0, 0.1) is 5.92 Å². The van der Waals surface area contributed by atoms with Crippen LogP contribution in [0.25, 0.3) is 0 Å². The molecule has 0 bridgehead atoms. The van der Waals surface area contributed by atoms with E-state index in [1.165, 1.54) is 16.7 Å². The molecule has 3 atom stereocenters. The number of thiazole rings is 1. The fraction of sp³-hybridized carbons (Fsp3) is 0.148. The SMILES string of the molecule is O=C1C2Sc3[nH]c(=O)sc3C(c3cc(Cl)ccc3OCc3ccc(Cl)cc3)C2C(=O)N1c1ccc(Cl)cc1. The molecule has 0 radical (unpaired) electrons. The van der Waals surface area contributed by atoms with Crippen molar-refractivity contribution in [2.24, 2.45) is 5.92 Å². The van der Waals surface area contributed by atoms with E-state index in [9.17, 15) is 14.4 Å². The van der Waals surface area contributed by atoms with Crippen molar-refractivity contribution in [1.29, 1.82) is 0 Å². The molecule has 1 N–H and O–H groups in total. The number of anilines is 1. The molecule has 6 nitrogen and oxygen atoms in total. The van der Waals surface area contributed by atoms with Gasteiger partial charge in [-0.25, -0.2) is 4.90 Å². The zero-order valence-electron chi connectivity index (χ0n) is 19.3. The van der Waals surface area contributed by atoms with Crippen LogP contribution in [0.2, 0.25) is 15.1 Å². The molecule has 0 spiro atoms. The number of halogens is 3. The molecule has 192 valence electrons. The summed E-state index contributed by atoms with van der Waals surface area (Å²) >= 11 is 20.7. The molecule has 2 amide bonds. The number of nitrogens with zero attached hydrogens (tertiary/aromatic N) is 1. The Balaban J connectivity index is 1.44. The number of aromatic nitrogens is 1. The predicted molar refractivity (Wildman–Crippen MR) is 151 cm³/mol. The zero-order valence-corrected chi connectivity index (χ0v) is 23.2. The summed E-state index contributed by atoms with van der Waals surface area (Å²) in [5.41, 5.74) is 1.98. The molecule has 0 aliphatic carbocycles. The highest BCUT2D eigenvalue weighted by Gasteiger charge is 2.56. The van der Waals surface area contributed by atoms with Gasteiger partial charge in [0, 0.05) is 31.4 Å². The number of imide groups is 1. The Kier molecular flexibility index (Phi) is 6.78. The molecule has 38 heavy (non-hydrogen) atoms. The highest BCUT2D eigenvalue weighted by molar-refractivity contribution is 8.00. The van der Waals surface area contributed by atoms with Crippen molar-refractivity contribution in [3.05, 3.63) is 107 Å².